The Morgan fingerprint density at radius 3 is 2.51 bits per heavy atom. The van der Waals surface area contributed by atoms with E-state index in [1.54, 1.807) is 23.6 Å². The number of nitrogens with one attached hydrogen (secondary N) is 1. The van der Waals surface area contributed by atoms with E-state index < -0.39 is 16.1 Å². The van der Waals surface area contributed by atoms with Crippen LogP contribution in [0.25, 0.3) is 32.4 Å². The maximum absolute atomic E-state index is 14.4. The van der Waals surface area contributed by atoms with Crippen LogP contribution in [0.3, 0.4) is 0 Å². The van der Waals surface area contributed by atoms with Crippen LogP contribution in [0.5, 0.6) is 0 Å². The number of aromatic nitrogens is 4. The summed E-state index contributed by atoms with van der Waals surface area (Å²) < 4.78 is 27.0. The molecular weight excluding hydrogens is 538 g/mol. The van der Waals surface area contributed by atoms with Gasteiger partial charge in [0.25, 0.3) is 5.56 Å². The molecule has 3 aromatic heterocycles. The molecule has 1 N–H and O–H groups in total. The van der Waals surface area contributed by atoms with Crippen molar-refractivity contribution >= 4 is 38.1 Å². The van der Waals surface area contributed by atoms with E-state index in [0.717, 1.165) is 10.6 Å². The van der Waals surface area contributed by atoms with Crippen LogP contribution < -0.4 is 15.2 Å². The number of hydrogen-bond acceptors (Lipinski definition) is 7. The normalized spacial score (nSPS) is 12.1. The van der Waals surface area contributed by atoms with Crippen LogP contribution in [0.4, 0.5) is 17.3 Å². The third kappa shape index (κ3) is 5.37. The lowest BCUT2D eigenvalue weighted by Gasteiger charge is -2.22. The Hall–Kier alpha value is -5.08. The van der Waals surface area contributed by atoms with Crippen molar-refractivity contribution in [2.24, 2.45) is 0 Å². The van der Waals surface area contributed by atoms with Gasteiger partial charge in [-0.2, -0.15) is 0 Å². The minimum atomic E-state index is -3.53. The van der Waals surface area contributed by atoms with E-state index in [-0.39, 0.29) is 17.1 Å². The van der Waals surface area contributed by atoms with Crippen molar-refractivity contribution < 1.29 is 8.42 Å². The second-order valence-corrected chi connectivity index (χ2v) is 11.6. The predicted octanol–water partition coefficient (Wildman–Crippen LogP) is 5.27. The standard InChI is InChI=1S/C30H27N7O3S/c1-19(34-29-25(31-3)18-33-20(2)35-29)26-16-22-10-9-13-24(21-14-15-32-27(17-21)36(4)41(5,39)40)28(22)30(38)37(26)23-11-7-6-8-12-23/h6-19H,1-2,4-5H3,(H,33,34,35)/t19-/m0/s1. The Kier molecular flexibility index (Phi) is 7.26. The van der Waals surface area contributed by atoms with E-state index in [4.69, 9.17) is 6.57 Å². The third-order valence-corrected chi connectivity index (χ3v) is 7.96. The molecule has 5 rings (SSSR count). The molecule has 0 amide bonds. The fourth-order valence-corrected chi connectivity index (χ4v) is 5.08. The molecule has 0 radical (unpaired) electrons. The maximum Gasteiger partial charge on any atom is 0.263 e. The van der Waals surface area contributed by atoms with Gasteiger partial charge in [-0.05, 0) is 60.7 Å². The first kappa shape index (κ1) is 27.5. The summed E-state index contributed by atoms with van der Waals surface area (Å²) >= 11 is 0. The van der Waals surface area contributed by atoms with E-state index in [1.807, 2.05) is 61.5 Å². The molecular formula is C30H27N7O3S. The van der Waals surface area contributed by atoms with Crippen LogP contribution in [0.2, 0.25) is 0 Å². The summed E-state index contributed by atoms with van der Waals surface area (Å²) in [5.74, 6) is 1.16. The Morgan fingerprint density at radius 1 is 1.05 bits per heavy atom. The van der Waals surface area contributed by atoms with Gasteiger partial charge in [-0.15, -0.1) is 0 Å². The molecule has 1 atom stereocenters. The molecule has 11 heteroatoms. The number of para-hydroxylation sites is 1. The van der Waals surface area contributed by atoms with Gasteiger partial charge in [-0.25, -0.2) is 23.2 Å². The summed E-state index contributed by atoms with van der Waals surface area (Å²) in [5, 5.41) is 4.49. The quantitative estimate of drug-likeness (QED) is 0.267. The number of nitrogens with zero attached hydrogens (tertiary/aromatic N) is 6. The van der Waals surface area contributed by atoms with Crippen molar-refractivity contribution in [3.8, 4) is 16.8 Å². The minimum Gasteiger partial charge on any atom is -0.371 e. The highest BCUT2D eigenvalue weighted by Gasteiger charge is 2.21. The van der Waals surface area contributed by atoms with Gasteiger partial charge in [0.2, 0.25) is 15.7 Å². The zero-order valence-electron chi connectivity index (χ0n) is 22.9. The van der Waals surface area contributed by atoms with E-state index in [2.05, 4.69) is 25.1 Å². The maximum atomic E-state index is 14.4. The van der Waals surface area contributed by atoms with Crippen molar-refractivity contribution in [3.63, 3.8) is 0 Å². The Labute approximate surface area is 237 Å². The number of sulfonamides is 1. The summed E-state index contributed by atoms with van der Waals surface area (Å²) in [6.45, 7) is 11.2. The molecule has 0 aliphatic carbocycles. The number of hydrogen-bond donors (Lipinski definition) is 1. The summed E-state index contributed by atoms with van der Waals surface area (Å²) in [4.78, 5) is 30.7. The van der Waals surface area contributed by atoms with E-state index in [9.17, 15) is 13.2 Å². The highest BCUT2D eigenvalue weighted by molar-refractivity contribution is 7.92. The van der Waals surface area contributed by atoms with E-state index in [0.29, 0.717) is 44.9 Å². The molecule has 0 fully saturated rings. The molecule has 3 heterocycles. The minimum absolute atomic E-state index is 0.243. The predicted molar refractivity (Wildman–Crippen MR) is 161 cm³/mol. The van der Waals surface area contributed by atoms with Gasteiger partial charge < -0.3 is 5.32 Å². The molecule has 0 aliphatic rings. The van der Waals surface area contributed by atoms with Crippen LogP contribution in [-0.4, -0.2) is 41.2 Å². The molecule has 5 aromatic rings. The molecule has 10 nitrogen and oxygen atoms in total. The third-order valence-electron chi connectivity index (χ3n) is 6.77. The summed E-state index contributed by atoms with van der Waals surface area (Å²) in [6, 6.07) is 19.8. The molecule has 0 spiro atoms. The van der Waals surface area contributed by atoms with E-state index >= 15 is 0 Å². The molecule has 41 heavy (non-hydrogen) atoms. The zero-order valence-corrected chi connectivity index (χ0v) is 23.7. The Morgan fingerprint density at radius 2 is 1.80 bits per heavy atom. The van der Waals surface area contributed by atoms with Crippen molar-refractivity contribution in [2.45, 2.75) is 19.9 Å². The SMILES string of the molecule is [C-]#[N+]c1cnc(C)nc1N[C@@H](C)c1cc2cccc(-c3ccnc(N(C)S(C)(=O)=O)c3)c2c(=O)n1-c1ccccc1. The van der Waals surface area contributed by atoms with Gasteiger partial charge in [0.05, 0.1) is 24.3 Å². The van der Waals surface area contributed by atoms with Gasteiger partial charge >= 0.3 is 0 Å². The van der Waals surface area contributed by atoms with Crippen molar-refractivity contribution in [1.82, 2.24) is 19.5 Å². The molecule has 0 saturated heterocycles. The lowest BCUT2D eigenvalue weighted by molar-refractivity contribution is 0.600. The van der Waals surface area contributed by atoms with Crippen LogP contribution in [0.15, 0.2) is 83.9 Å². The second-order valence-electron chi connectivity index (χ2n) is 9.58. The highest BCUT2D eigenvalue weighted by atomic mass is 32.2. The molecule has 0 saturated carbocycles. The van der Waals surface area contributed by atoms with Gasteiger partial charge in [0.15, 0.2) is 0 Å². The van der Waals surface area contributed by atoms with Gasteiger partial charge in [0, 0.05) is 30.8 Å². The first-order valence-electron chi connectivity index (χ1n) is 12.7. The van der Waals surface area contributed by atoms with Crippen molar-refractivity contribution in [3.05, 3.63) is 112 Å². The Balaban J connectivity index is 1.73. The van der Waals surface area contributed by atoms with Crippen LogP contribution >= 0.6 is 0 Å². The summed E-state index contributed by atoms with van der Waals surface area (Å²) in [6.07, 6.45) is 4.11. The average molecular weight is 566 g/mol. The Bertz CT molecular complexity index is 1980. The smallest absolute Gasteiger partial charge is 0.263 e. The largest absolute Gasteiger partial charge is 0.371 e. The first-order chi connectivity index (χ1) is 19.6. The second kappa shape index (κ2) is 10.8. The fraction of sp³-hybridized carbons (Fsp3) is 0.167. The fourth-order valence-electron chi connectivity index (χ4n) is 4.64. The average Bonchev–Trinajstić information content (AvgIpc) is 2.96. The van der Waals surface area contributed by atoms with Crippen LogP contribution in [0.1, 0.15) is 24.5 Å². The number of benzene rings is 2. The van der Waals surface area contributed by atoms with Crippen molar-refractivity contribution in [1.29, 1.82) is 0 Å². The molecule has 0 unspecified atom stereocenters. The topological polar surface area (TPSA) is 114 Å². The number of fused-ring (bicyclic) bond motifs is 1. The van der Waals surface area contributed by atoms with Gasteiger partial charge in [-0.3, -0.25) is 18.7 Å². The number of anilines is 2. The first-order valence-corrected chi connectivity index (χ1v) is 14.6. The molecule has 2 aromatic carbocycles. The lowest BCUT2D eigenvalue weighted by atomic mass is 9.98. The highest BCUT2D eigenvalue weighted by Crippen LogP contribution is 2.32. The number of rotatable bonds is 7. The van der Waals surface area contributed by atoms with Crippen LogP contribution in [-0.2, 0) is 10.0 Å². The summed E-state index contributed by atoms with van der Waals surface area (Å²) in [7, 11) is -2.09. The lowest BCUT2D eigenvalue weighted by Crippen LogP contribution is -2.26. The monoisotopic (exact) mass is 565 g/mol. The molecule has 206 valence electrons. The molecule has 0 bridgehead atoms. The summed E-state index contributed by atoms with van der Waals surface area (Å²) in [5.41, 5.74) is 2.69. The van der Waals surface area contributed by atoms with Crippen molar-refractivity contribution in [2.75, 3.05) is 22.9 Å². The zero-order chi connectivity index (χ0) is 29.3. The van der Waals surface area contributed by atoms with E-state index in [1.165, 1.54) is 19.4 Å². The van der Waals surface area contributed by atoms with Crippen LogP contribution in [0, 0.1) is 13.5 Å². The van der Waals surface area contributed by atoms with Gasteiger partial charge in [0.1, 0.15) is 17.5 Å². The van der Waals surface area contributed by atoms with Gasteiger partial charge in [-0.1, -0.05) is 36.4 Å². The molecule has 0 aliphatic heterocycles. The number of pyridine rings is 2. The number of aryl methyl sites for hydroxylation is 1.